The lowest BCUT2D eigenvalue weighted by molar-refractivity contribution is 1.29. The fourth-order valence-corrected chi connectivity index (χ4v) is 9.72. The third kappa shape index (κ3) is 5.46. The Morgan fingerprint density at radius 3 is 1.23 bits per heavy atom. The molecule has 11 rings (SSSR count). The number of thiophene rings is 1. The molecule has 2 heteroatoms. The van der Waals surface area contributed by atoms with Crippen molar-refractivity contribution in [2.75, 3.05) is 4.90 Å². The summed E-state index contributed by atoms with van der Waals surface area (Å²) in [6.45, 7) is 0. The zero-order valence-corrected chi connectivity index (χ0v) is 31.4. The van der Waals surface area contributed by atoms with Gasteiger partial charge in [0.1, 0.15) is 0 Å². The number of rotatable bonds is 5. The maximum absolute atomic E-state index is 2.42. The van der Waals surface area contributed by atoms with E-state index in [1.165, 1.54) is 86.9 Å². The molecule has 1 heterocycles. The van der Waals surface area contributed by atoms with Crippen LogP contribution in [0.2, 0.25) is 0 Å². The monoisotopic (exact) mass is 729 g/mol. The molecule has 0 saturated carbocycles. The van der Waals surface area contributed by atoms with Crippen LogP contribution in [0.3, 0.4) is 0 Å². The maximum Gasteiger partial charge on any atom is 0.0476 e. The highest BCUT2D eigenvalue weighted by molar-refractivity contribution is 7.25. The standard InChI is InChI=1S/C54H35NS/c1-2-12-36(13-3-1)37-22-24-38(25-23-37)39-26-28-40(29-27-39)55(42-31-33-51-50-20-10-11-21-53(50)56-54(51)35-42)41-30-32-49-47-18-7-6-16-45(47)43-14-4-5-15-44(43)46-17-8-9-19-48(46)52(49)34-41/h1-35H. The van der Waals surface area contributed by atoms with Gasteiger partial charge in [-0.2, -0.15) is 0 Å². The van der Waals surface area contributed by atoms with Crippen molar-refractivity contribution in [3.8, 4) is 66.8 Å². The van der Waals surface area contributed by atoms with Gasteiger partial charge >= 0.3 is 0 Å². The number of fused-ring (bicyclic) bond motifs is 11. The molecule has 1 aromatic heterocycles. The molecule has 0 atom stereocenters. The van der Waals surface area contributed by atoms with Crippen LogP contribution in [0.5, 0.6) is 0 Å². The van der Waals surface area contributed by atoms with Crippen molar-refractivity contribution in [3.05, 3.63) is 212 Å². The summed E-state index contributed by atoms with van der Waals surface area (Å²) in [5.41, 5.74) is 18.2. The Labute approximate surface area is 331 Å². The second kappa shape index (κ2) is 13.4. The molecule has 0 spiro atoms. The molecule has 0 fully saturated rings. The molecule has 0 unspecified atom stereocenters. The van der Waals surface area contributed by atoms with E-state index in [2.05, 4.69) is 217 Å². The molecule has 56 heavy (non-hydrogen) atoms. The van der Waals surface area contributed by atoms with Crippen molar-refractivity contribution in [1.29, 1.82) is 0 Å². The second-order valence-electron chi connectivity index (χ2n) is 14.5. The zero-order chi connectivity index (χ0) is 37.0. The third-order valence-corrected chi connectivity index (χ3v) is 12.4. The van der Waals surface area contributed by atoms with E-state index in [1.807, 2.05) is 11.3 Å². The average Bonchev–Trinajstić information content (AvgIpc) is 3.65. The lowest BCUT2D eigenvalue weighted by Gasteiger charge is -2.28. The van der Waals surface area contributed by atoms with Crippen molar-refractivity contribution in [3.63, 3.8) is 0 Å². The Kier molecular flexibility index (Phi) is 7.75. The van der Waals surface area contributed by atoms with Crippen LogP contribution in [0.4, 0.5) is 17.1 Å². The number of hydrogen-bond donors (Lipinski definition) is 0. The molecular formula is C54H35NS. The van der Waals surface area contributed by atoms with Crippen molar-refractivity contribution < 1.29 is 0 Å². The van der Waals surface area contributed by atoms with E-state index in [-0.39, 0.29) is 0 Å². The first-order chi connectivity index (χ1) is 27.8. The highest BCUT2D eigenvalue weighted by Crippen LogP contribution is 2.50. The van der Waals surface area contributed by atoms with Crippen molar-refractivity contribution in [2.24, 2.45) is 0 Å². The predicted octanol–water partition coefficient (Wildman–Crippen LogP) is 15.8. The van der Waals surface area contributed by atoms with Crippen LogP contribution >= 0.6 is 11.3 Å². The van der Waals surface area contributed by atoms with Crippen LogP contribution in [0.15, 0.2) is 212 Å². The molecule has 10 aromatic rings. The zero-order valence-electron chi connectivity index (χ0n) is 30.6. The Morgan fingerprint density at radius 2 is 0.643 bits per heavy atom. The van der Waals surface area contributed by atoms with Gasteiger partial charge in [0, 0.05) is 37.2 Å². The molecule has 1 aliphatic carbocycles. The van der Waals surface area contributed by atoms with Gasteiger partial charge in [-0.1, -0.05) is 170 Å². The van der Waals surface area contributed by atoms with E-state index in [4.69, 9.17) is 0 Å². The molecule has 0 amide bonds. The summed E-state index contributed by atoms with van der Waals surface area (Å²) in [5, 5.41) is 2.61. The van der Waals surface area contributed by atoms with Gasteiger partial charge < -0.3 is 4.90 Å². The predicted molar refractivity (Wildman–Crippen MR) is 240 cm³/mol. The quantitative estimate of drug-likeness (QED) is 0.170. The molecule has 1 nitrogen and oxygen atoms in total. The minimum Gasteiger partial charge on any atom is -0.310 e. The summed E-state index contributed by atoms with van der Waals surface area (Å²) < 4.78 is 2.59. The van der Waals surface area contributed by atoms with Crippen LogP contribution in [-0.4, -0.2) is 0 Å². The molecule has 0 N–H and O–H groups in total. The highest BCUT2D eigenvalue weighted by atomic mass is 32.1. The number of hydrogen-bond acceptors (Lipinski definition) is 2. The Bertz CT molecular complexity index is 3060. The Morgan fingerprint density at radius 1 is 0.250 bits per heavy atom. The van der Waals surface area contributed by atoms with Crippen molar-refractivity contribution in [1.82, 2.24) is 0 Å². The lowest BCUT2D eigenvalue weighted by Crippen LogP contribution is -2.10. The summed E-state index contributed by atoms with van der Waals surface area (Å²) in [7, 11) is 0. The van der Waals surface area contributed by atoms with E-state index in [9.17, 15) is 0 Å². The van der Waals surface area contributed by atoms with E-state index >= 15 is 0 Å². The van der Waals surface area contributed by atoms with Gasteiger partial charge in [0.25, 0.3) is 0 Å². The van der Waals surface area contributed by atoms with Crippen LogP contribution in [0.1, 0.15) is 0 Å². The van der Waals surface area contributed by atoms with Gasteiger partial charge in [0.2, 0.25) is 0 Å². The number of benzene rings is 9. The first kappa shape index (κ1) is 32.4. The average molecular weight is 730 g/mol. The van der Waals surface area contributed by atoms with Gasteiger partial charge in [0.05, 0.1) is 0 Å². The van der Waals surface area contributed by atoms with Gasteiger partial charge in [-0.15, -0.1) is 11.3 Å². The smallest absolute Gasteiger partial charge is 0.0476 e. The second-order valence-corrected chi connectivity index (χ2v) is 15.6. The van der Waals surface area contributed by atoms with Crippen LogP contribution in [0, 0.1) is 0 Å². The first-order valence-electron chi connectivity index (χ1n) is 19.2. The molecule has 0 saturated heterocycles. The van der Waals surface area contributed by atoms with E-state index in [1.54, 1.807) is 0 Å². The lowest BCUT2D eigenvalue weighted by atomic mass is 9.81. The van der Waals surface area contributed by atoms with E-state index in [0.29, 0.717) is 0 Å². The largest absolute Gasteiger partial charge is 0.310 e. The summed E-state index contributed by atoms with van der Waals surface area (Å²) in [6.07, 6.45) is 0. The Balaban J connectivity index is 1.08. The molecule has 9 aromatic carbocycles. The van der Waals surface area contributed by atoms with Crippen LogP contribution in [-0.2, 0) is 0 Å². The fourth-order valence-electron chi connectivity index (χ4n) is 8.58. The molecule has 1 aliphatic rings. The van der Waals surface area contributed by atoms with E-state index < -0.39 is 0 Å². The Hall–Kier alpha value is -7.00. The van der Waals surface area contributed by atoms with E-state index in [0.717, 1.165) is 17.1 Å². The summed E-state index contributed by atoms with van der Waals surface area (Å²) >= 11 is 1.86. The first-order valence-corrected chi connectivity index (χ1v) is 20.0. The molecule has 0 radical (unpaired) electrons. The highest BCUT2D eigenvalue weighted by Gasteiger charge is 2.23. The van der Waals surface area contributed by atoms with Crippen LogP contribution in [0.25, 0.3) is 86.9 Å². The van der Waals surface area contributed by atoms with Crippen molar-refractivity contribution >= 4 is 48.6 Å². The number of anilines is 3. The minimum absolute atomic E-state index is 1.11. The summed E-state index contributed by atoms with van der Waals surface area (Å²) in [6, 6.07) is 77.8. The van der Waals surface area contributed by atoms with Gasteiger partial charge in [-0.25, -0.2) is 0 Å². The summed E-state index contributed by atoms with van der Waals surface area (Å²) in [5.74, 6) is 0. The fraction of sp³-hybridized carbons (Fsp3) is 0. The van der Waals surface area contributed by atoms with Gasteiger partial charge in [-0.05, 0) is 109 Å². The molecule has 262 valence electrons. The normalized spacial score (nSPS) is 11.6. The van der Waals surface area contributed by atoms with Gasteiger partial charge in [0.15, 0.2) is 0 Å². The third-order valence-electron chi connectivity index (χ3n) is 11.3. The topological polar surface area (TPSA) is 3.24 Å². The molecular weight excluding hydrogens is 695 g/mol. The number of nitrogens with zero attached hydrogens (tertiary/aromatic N) is 1. The van der Waals surface area contributed by atoms with Crippen LogP contribution < -0.4 is 4.90 Å². The minimum atomic E-state index is 1.11. The summed E-state index contributed by atoms with van der Waals surface area (Å²) in [4.78, 5) is 2.42. The SMILES string of the molecule is c1ccc(-c2ccc(-c3ccc(N(c4ccc5c(c4)-c4ccccc4-c4ccccc4-c4ccccc4-5)c4ccc5c(c4)sc4ccccc45)cc3)cc2)cc1. The molecule has 0 bridgehead atoms. The van der Waals surface area contributed by atoms with Gasteiger partial charge in [-0.3, -0.25) is 0 Å². The molecule has 0 aliphatic heterocycles. The van der Waals surface area contributed by atoms with Crippen molar-refractivity contribution in [2.45, 2.75) is 0 Å². The maximum atomic E-state index is 2.42.